The fraction of sp³-hybridized carbons (Fsp3) is 0.182. The maximum atomic E-state index is 14.7. The van der Waals surface area contributed by atoms with Crippen molar-refractivity contribution in [1.29, 1.82) is 0 Å². The molecule has 9 heteroatoms. The number of nitrogens with two attached hydrogens (primary N) is 1. The van der Waals surface area contributed by atoms with Crippen molar-refractivity contribution in [2.45, 2.75) is 12.5 Å². The standard InChI is InChI=1S/C22H19FIN5O2/c1-13-7-15(4-6-19(13)31-2)22(20(30)29(11-24)21(25)28-22)16-3-5-18(23)17(8-16)14-9-26-12-27-10-14/h3-10,12H,11H2,1-2H3,(H2,25,28)/t22-/m1/s1. The predicted molar refractivity (Wildman–Crippen MR) is 123 cm³/mol. The number of amides is 1. The smallest absolute Gasteiger partial charge is 0.267 e. The quantitative estimate of drug-likeness (QED) is 0.310. The van der Waals surface area contributed by atoms with E-state index >= 15 is 0 Å². The van der Waals surface area contributed by atoms with E-state index in [1.165, 1.54) is 29.7 Å². The Morgan fingerprint density at radius 3 is 2.45 bits per heavy atom. The van der Waals surface area contributed by atoms with Gasteiger partial charge in [-0.2, -0.15) is 0 Å². The van der Waals surface area contributed by atoms with Crippen molar-refractivity contribution >= 4 is 34.5 Å². The lowest BCUT2D eigenvalue weighted by Crippen LogP contribution is -2.42. The van der Waals surface area contributed by atoms with Crippen molar-refractivity contribution in [3.63, 3.8) is 0 Å². The minimum absolute atomic E-state index is 0.113. The Kier molecular flexibility index (Phi) is 5.61. The van der Waals surface area contributed by atoms with Crippen LogP contribution in [0.15, 0.2) is 60.1 Å². The van der Waals surface area contributed by atoms with E-state index in [0.29, 0.717) is 27.0 Å². The van der Waals surface area contributed by atoms with Crippen LogP contribution in [-0.2, 0) is 10.3 Å². The summed E-state index contributed by atoms with van der Waals surface area (Å²) in [6, 6.07) is 9.91. The number of aromatic nitrogens is 2. The molecule has 0 bridgehead atoms. The van der Waals surface area contributed by atoms with Crippen LogP contribution in [0.25, 0.3) is 11.1 Å². The van der Waals surface area contributed by atoms with E-state index in [2.05, 4.69) is 37.6 Å². The molecule has 2 N–H and O–H groups in total. The summed E-state index contributed by atoms with van der Waals surface area (Å²) in [6.07, 6.45) is 4.41. The lowest BCUT2D eigenvalue weighted by atomic mass is 9.81. The molecule has 1 aromatic heterocycles. The summed E-state index contributed by atoms with van der Waals surface area (Å²) < 4.78 is 20.4. The highest BCUT2D eigenvalue weighted by atomic mass is 127. The molecule has 3 aromatic rings. The van der Waals surface area contributed by atoms with E-state index in [4.69, 9.17) is 10.5 Å². The van der Waals surface area contributed by atoms with Crippen molar-refractivity contribution in [3.05, 3.63) is 77.6 Å². The number of nitrogens with zero attached hydrogens (tertiary/aromatic N) is 4. The van der Waals surface area contributed by atoms with Crippen molar-refractivity contribution in [2.75, 3.05) is 11.7 Å². The number of halogens is 2. The van der Waals surface area contributed by atoms with Gasteiger partial charge in [0, 0.05) is 23.5 Å². The first kappa shape index (κ1) is 21.2. The number of alkyl halides is 1. The van der Waals surface area contributed by atoms with Crippen LogP contribution in [0.1, 0.15) is 16.7 Å². The van der Waals surface area contributed by atoms with Crippen molar-refractivity contribution < 1.29 is 13.9 Å². The van der Waals surface area contributed by atoms with Crippen molar-refractivity contribution in [2.24, 2.45) is 10.7 Å². The van der Waals surface area contributed by atoms with Gasteiger partial charge >= 0.3 is 0 Å². The molecule has 1 aliphatic rings. The van der Waals surface area contributed by atoms with Gasteiger partial charge in [0.25, 0.3) is 5.91 Å². The van der Waals surface area contributed by atoms with Gasteiger partial charge in [0.1, 0.15) is 17.9 Å². The second-order valence-corrected chi connectivity index (χ2v) is 7.72. The number of carbonyl (C=O) groups is 1. The number of ether oxygens (including phenoxy) is 1. The highest BCUT2D eigenvalue weighted by Crippen LogP contribution is 2.42. The Morgan fingerprint density at radius 2 is 1.84 bits per heavy atom. The molecule has 31 heavy (non-hydrogen) atoms. The lowest BCUT2D eigenvalue weighted by Gasteiger charge is -2.27. The van der Waals surface area contributed by atoms with Crippen LogP contribution in [-0.4, -0.2) is 38.4 Å². The Balaban J connectivity index is 1.98. The number of guanidine groups is 1. The molecule has 1 aliphatic heterocycles. The third-order valence-corrected chi connectivity index (χ3v) is 5.98. The number of hydrogen-bond acceptors (Lipinski definition) is 6. The number of aliphatic imine (C=N–C) groups is 1. The Morgan fingerprint density at radius 1 is 1.16 bits per heavy atom. The molecule has 0 radical (unpaired) electrons. The Labute approximate surface area is 192 Å². The van der Waals surface area contributed by atoms with E-state index in [0.717, 1.165) is 5.56 Å². The fourth-order valence-electron chi connectivity index (χ4n) is 3.75. The molecule has 1 amide bonds. The number of hydrogen-bond donors (Lipinski definition) is 1. The summed E-state index contributed by atoms with van der Waals surface area (Å²) in [6.45, 7) is 1.88. The first-order valence-electron chi connectivity index (χ1n) is 9.36. The molecular formula is C22H19FIN5O2. The number of rotatable bonds is 5. The van der Waals surface area contributed by atoms with Crippen LogP contribution in [0, 0.1) is 12.7 Å². The molecule has 0 spiro atoms. The summed E-state index contributed by atoms with van der Waals surface area (Å²) in [4.78, 5) is 27.6. The van der Waals surface area contributed by atoms with Gasteiger partial charge in [0.05, 0.1) is 11.7 Å². The third-order valence-electron chi connectivity index (χ3n) is 5.30. The molecule has 2 aromatic carbocycles. The number of benzene rings is 2. The summed E-state index contributed by atoms with van der Waals surface area (Å²) in [7, 11) is 1.58. The van der Waals surface area contributed by atoms with Crippen molar-refractivity contribution in [1.82, 2.24) is 14.9 Å². The molecular weight excluding hydrogens is 512 g/mol. The highest BCUT2D eigenvalue weighted by Gasteiger charge is 2.50. The average Bonchev–Trinajstić information content (AvgIpc) is 3.04. The summed E-state index contributed by atoms with van der Waals surface area (Å²) >= 11 is 2.06. The second kappa shape index (κ2) is 8.22. The van der Waals surface area contributed by atoms with Gasteiger partial charge in [0.2, 0.25) is 5.96 Å². The minimum atomic E-state index is -1.44. The van der Waals surface area contributed by atoms with E-state index < -0.39 is 11.4 Å². The third kappa shape index (κ3) is 3.42. The average molecular weight is 531 g/mol. The van der Waals surface area contributed by atoms with E-state index in [1.807, 2.05) is 13.0 Å². The van der Waals surface area contributed by atoms with E-state index in [9.17, 15) is 9.18 Å². The monoisotopic (exact) mass is 531 g/mol. The SMILES string of the molecule is COc1ccc([C@]2(c3ccc(F)c(-c4cncnc4)c3)N=C(N)N(CI)C2=O)cc1C. The maximum absolute atomic E-state index is 14.7. The summed E-state index contributed by atoms with van der Waals surface area (Å²) in [5, 5.41) is 0. The second-order valence-electron chi connectivity index (χ2n) is 7.04. The number of carbonyl (C=O) groups excluding carboxylic acids is 1. The van der Waals surface area contributed by atoms with Crippen LogP contribution in [0.3, 0.4) is 0 Å². The van der Waals surface area contributed by atoms with E-state index in [1.54, 1.807) is 31.4 Å². The van der Waals surface area contributed by atoms with Gasteiger partial charge in [-0.05, 0) is 47.9 Å². The van der Waals surface area contributed by atoms with Gasteiger partial charge in [-0.25, -0.2) is 19.4 Å². The maximum Gasteiger partial charge on any atom is 0.267 e. The van der Waals surface area contributed by atoms with Gasteiger partial charge in [-0.1, -0.05) is 34.7 Å². The molecule has 0 unspecified atom stereocenters. The topological polar surface area (TPSA) is 93.7 Å². The Hall–Kier alpha value is -3.08. The van der Waals surface area contributed by atoms with Crippen LogP contribution in [0.5, 0.6) is 5.75 Å². The summed E-state index contributed by atoms with van der Waals surface area (Å²) in [5.41, 5.74) is 7.42. The molecule has 0 saturated carbocycles. The van der Waals surface area contributed by atoms with Crippen LogP contribution in [0.4, 0.5) is 4.39 Å². The molecule has 0 aliphatic carbocycles. The zero-order chi connectivity index (χ0) is 22.2. The van der Waals surface area contributed by atoms with Crippen LogP contribution >= 0.6 is 22.6 Å². The molecule has 0 saturated heterocycles. The zero-order valence-electron chi connectivity index (χ0n) is 16.8. The normalized spacial score (nSPS) is 18.3. The van der Waals surface area contributed by atoms with Crippen LogP contribution < -0.4 is 10.5 Å². The largest absolute Gasteiger partial charge is 0.496 e. The lowest BCUT2D eigenvalue weighted by molar-refractivity contribution is -0.129. The van der Waals surface area contributed by atoms with Gasteiger partial charge in [0.15, 0.2) is 5.54 Å². The number of methoxy groups -OCH3 is 1. The zero-order valence-corrected chi connectivity index (χ0v) is 19.0. The Bertz CT molecular complexity index is 1190. The van der Waals surface area contributed by atoms with Gasteiger partial charge in [-0.3, -0.25) is 9.69 Å². The van der Waals surface area contributed by atoms with Crippen molar-refractivity contribution in [3.8, 4) is 16.9 Å². The minimum Gasteiger partial charge on any atom is -0.496 e. The molecule has 4 rings (SSSR count). The molecule has 2 heterocycles. The molecule has 1 atom stereocenters. The fourth-order valence-corrected chi connectivity index (χ4v) is 4.41. The first-order valence-corrected chi connectivity index (χ1v) is 10.9. The van der Waals surface area contributed by atoms with Gasteiger partial charge in [-0.15, -0.1) is 0 Å². The molecule has 0 fully saturated rings. The van der Waals surface area contributed by atoms with E-state index in [-0.39, 0.29) is 17.4 Å². The summed E-state index contributed by atoms with van der Waals surface area (Å²) in [5.74, 6) is 0.0497. The van der Waals surface area contributed by atoms with Crippen LogP contribution in [0.2, 0.25) is 0 Å². The van der Waals surface area contributed by atoms with Gasteiger partial charge < -0.3 is 10.5 Å². The molecule has 158 valence electrons. The number of aryl methyl sites for hydroxylation is 1. The first-order chi connectivity index (χ1) is 14.9. The molecule has 7 nitrogen and oxygen atoms in total. The predicted octanol–water partition coefficient (Wildman–Crippen LogP) is 3.39. The highest BCUT2D eigenvalue weighted by molar-refractivity contribution is 14.1.